The molecular formula is C16H20N4. The number of rotatable bonds is 2. The van der Waals surface area contributed by atoms with E-state index in [1.807, 2.05) is 19.1 Å². The smallest absolute Gasteiger partial charge is 0.161 e. The predicted octanol–water partition coefficient (Wildman–Crippen LogP) is 3.08. The fourth-order valence-electron chi connectivity index (χ4n) is 2.95. The summed E-state index contributed by atoms with van der Waals surface area (Å²) in [5.41, 5.74) is 2.03. The molecule has 2 aromatic rings. The van der Waals surface area contributed by atoms with Crippen LogP contribution in [0.1, 0.15) is 26.0 Å². The number of aromatic nitrogens is 3. The zero-order chi connectivity index (χ0) is 14.1. The second kappa shape index (κ2) is 5.19. The van der Waals surface area contributed by atoms with Crippen LogP contribution in [0.5, 0.6) is 0 Å². The van der Waals surface area contributed by atoms with Crippen molar-refractivity contribution in [3.63, 3.8) is 0 Å². The lowest BCUT2D eigenvalue weighted by Crippen LogP contribution is -2.27. The van der Waals surface area contributed by atoms with Gasteiger partial charge in [-0.1, -0.05) is 6.92 Å². The maximum absolute atomic E-state index is 4.76. The van der Waals surface area contributed by atoms with E-state index >= 15 is 0 Å². The van der Waals surface area contributed by atoms with Crippen LogP contribution in [0.3, 0.4) is 0 Å². The maximum Gasteiger partial charge on any atom is 0.161 e. The third kappa shape index (κ3) is 2.50. The van der Waals surface area contributed by atoms with E-state index in [9.17, 15) is 0 Å². The standard InChI is InChI=1S/C16H20N4/c1-11-8-13(3)20(10-11)15-9-12(2)18-16(19-15)14-4-6-17-7-5-14/h4-7,9,11,13H,8,10H2,1-3H3/t11-,13+/m0/s1. The molecule has 0 saturated carbocycles. The molecular weight excluding hydrogens is 248 g/mol. The van der Waals surface area contributed by atoms with Crippen molar-refractivity contribution in [3.8, 4) is 11.4 Å². The molecule has 104 valence electrons. The Morgan fingerprint density at radius 3 is 2.55 bits per heavy atom. The lowest BCUT2D eigenvalue weighted by Gasteiger charge is -2.23. The van der Waals surface area contributed by atoms with Gasteiger partial charge >= 0.3 is 0 Å². The second-order valence-electron chi connectivity index (χ2n) is 5.77. The number of nitrogens with zero attached hydrogens (tertiary/aromatic N) is 4. The highest BCUT2D eigenvalue weighted by atomic mass is 15.2. The van der Waals surface area contributed by atoms with Gasteiger partial charge in [-0.3, -0.25) is 4.98 Å². The van der Waals surface area contributed by atoms with Gasteiger partial charge in [0.25, 0.3) is 0 Å². The molecule has 0 aromatic carbocycles. The molecule has 0 amide bonds. The molecule has 0 bridgehead atoms. The first-order valence-electron chi connectivity index (χ1n) is 7.16. The maximum atomic E-state index is 4.76. The zero-order valence-electron chi connectivity index (χ0n) is 12.2. The van der Waals surface area contributed by atoms with Crippen molar-refractivity contribution in [2.24, 2.45) is 5.92 Å². The first-order chi connectivity index (χ1) is 9.63. The molecule has 2 aromatic heterocycles. The minimum atomic E-state index is 0.546. The van der Waals surface area contributed by atoms with E-state index in [1.54, 1.807) is 12.4 Å². The van der Waals surface area contributed by atoms with Gasteiger partial charge in [0.05, 0.1) is 0 Å². The van der Waals surface area contributed by atoms with Crippen LogP contribution in [0.25, 0.3) is 11.4 Å². The summed E-state index contributed by atoms with van der Waals surface area (Å²) in [4.78, 5) is 15.8. The Kier molecular flexibility index (Phi) is 3.38. The van der Waals surface area contributed by atoms with Crippen molar-refractivity contribution < 1.29 is 0 Å². The molecule has 3 heterocycles. The van der Waals surface area contributed by atoms with Gasteiger partial charge in [0.15, 0.2) is 5.82 Å². The largest absolute Gasteiger partial charge is 0.354 e. The Labute approximate surface area is 119 Å². The van der Waals surface area contributed by atoms with Crippen LogP contribution in [0.4, 0.5) is 5.82 Å². The van der Waals surface area contributed by atoms with Crippen LogP contribution in [-0.2, 0) is 0 Å². The fourth-order valence-corrected chi connectivity index (χ4v) is 2.95. The van der Waals surface area contributed by atoms with Gasteiger partial charge in [0.1, 0.15) is 5.82 Å². The van der Waals surface area contributed by atoms with E-state index in [4.69, 9.17) is 4.98 Å². The molecule has 0 radical (unpaired) electrons. The van der Waals surface area contributed by atoms with Crippen LogP contribution in [0.15, 0.2) is 30.6 Å². The second-order valence-corrected chi connectivity index (χ2v) is 5.77. The Morgan fingerprint density at radius 2 is 1.90 bits per heavy atom. The third-order valence-corrected chi connectivity index (χ3v) is 3.86. The van der Waals surface area contributed by atoms with Crippen molar-refractivity contribution in [1.82, 2.24) is 15.0 Å². The molecule has 1 saturated heterocycles. The van der Waals surface area contributed by atoms with Crippen molar-refractivity contribution in [1.29, 1.82) is 0 Å². The van der Waals surface area contributed by atoms with Crippen molar-refractivity contribution >= 4 is 5.82 Å². The SMILES string of the molecule is Cc1cc(N2C[C@@H](C)C[C@H]2C)nc(-c2ccncc2)n1. The molecule has 3 rings (SSSR count). The van der Waals surface area contributed by atoms with E-state index in [-0.39, 0.29) is 0 Å². The highest BCUT2D eigenvalue weighted by Gasteiger charge is 2.27. The first-order valence-corrected chi connectivity index (χ1v) is 7.16. The average molecular weight is 268 g/mol. The number of hydrogen-bond acceptors (Lipinski definition) is 4. The minimum Gasteiger partial charge on any atom is -0.354 e. The molecule has 1 aliphatic rings. The van der Waals surface area contributed by atoms with Gasteiger partial charge in [-0.2, -0.15) is 0 Å². The van der Waals surface area contributed by atoms with E-state index in [2.05, 4.69) is 34.8 Å². The van der Waals surface area contributed by atoms with Gasteiger partial charge in [-0.05, 0) is 38.3 Å². The molecule has 1 fully saturated rings. The molecule has 0 spiro atoms. The van der Waals surface area contributed by atoms with Gasteiger partial charge in [-0.15, -0.1) is 0 Å². The summed E-state index contributed by atoms with van der Waals surface area (Å²) in [6, 6.07) is 6.53. The average Bonchev–Trinajstić information content (AvgIpc) is 2.78. The number of hydrogen-bond donors (Lipinski definition) is 0. The van der Waals surface area contributed by atoms with Gasteiger partial charge in [-0.25, -0.2) is 9.97 Å². The van der Waals surface area contributed by atoms with Crippen LogP contribution < -0.4 is 4.90 Å². The summed E-state index contributed by atoms with van der Waals surface area (Å²) in [7, 11) is 0. The minimum absolute atomic E-state index is 0.546. The Hall–Kier alpha value is -1.97. The van der Waals surface area contributed by atoms with Crippen molar-refractivity contribution in [2.75, 3.05) is 11.4 Å². The molecule has 0 N–H and O–H groups in total. The van der Waals surface area contributed by atoms with E-state index < -0.39 is 0 Å². The Morgan fingerprint density at radius 1 is 1.15 bits per heavy atom. The molecule has 20 heavy (non-hydrogen) atoms. The summed E-state index contributed by atoms with van der Waals surface area (Å²) < 4.78 is 0. The molecule has 0 aliphatic carbocycles. The fraction of sp³-hybridized carbons (Fsp3) is 0.438. The summed E-state index contributed by atoms with van der Waals surface area (Å²) >= 11 is 0. The molecule has 1 aliphatic heterocycles. The van der Waals surface area contributed by atoms with Gasteiger partial charge in [0, 0.05) is 42.3 Å². The monoisotopic (exact) mass is 268 g/mol. The van der Waals surface area contributed by atoms with E-state index in [1.165, 1.54) is 6.42 Å². The van der Waals surface area contributed by atoms with Crippen LogP contribution in [0, 0.1) is 12.8 Å². The molecule has 0 unspecified atom stereocenters. The lowest BCUT2D eigenvalue weighted by molar-refractivity contribution is 0.625. The normalized spacial score (nSPS) is 22.2. The highest BCUT2D eigenvalue weighted by Crippen LogP contribution is 2.29. The Bertz CT molecular complexity index is 597. The number of aryl methyl sites for hydroxylation is 1. The molecule has 2 atom stereocenters. The third-order valence-electron chi connectivity index (χ3n) is 3.86. The topological polar surface area (TPSA) is 41.9 Å². The van der Waals surface area contributed by atoms with Crippen LogP contribution >= 0.6 is 0 Å². The van der Waals surface area contributed by atoms with E-state index in [0.717, 1.165) is 35.4 Å². The quantitative estimate of drug-likeness (QED) is 0.839. The number of anilines is 1. The predicted molar refractivity (Wildman–Crippen MR) is 80.6 cm³/mol. The first kappa shape index (κ1) is 13.0. The highest BCUT2D eigenvalue weighted by molar-refractivity contribution is 5.57. The van der Waals surface area contributed by atoms with Crippen LogP contribution in [-0.4, -0.2) is 27.5 Å². The summed E-state index contributed by atoms with van der Waals surface area (Å²) in [6.45, 7) is 7.68. The van der Waals surface area contributed by atoms with Crippen molar-refractivity contribution in [2.45, 2.75) is 33.2 Å². The van der Waals surface area contributed by atoms with Crippen LogP contribution in [0.2, 0.25) is 0 Å². The van der Waals surface area contributed by atoms with Crippen molar-refractivity contribution in [3.05, 3.63) is 36.3 Å². The molecule has 4 nitrogen and oxygen atoms in total. The van der Waals surface area contributed by atoms with Gasteiger partial charge < -0.3 is 4.90 Å². The zero-order valence-corrected chi connectivity index (χ0v) is 12.2. The molecule has 4 heteroatoms. The summed E-state index contributed by atoms with van der Waals surface area (Å²) in [5.74, 6) is 2.56. The lowest BCUT2D eigenvalue weighted by atomic mass is 10.1. The summed E-state index contributed by atoms with van der Waals surface area (Å²) in [5, 5.41) is 0. The summed E-state index contributed by atoms with van der Waals surface area (Å²) in [6.07, 6.45) is 4.79. The number of pyridine rings is 1. The van der Waals surface area contributed by atoms with Gasteiger partial charge in [0.2, 0.25) is 0 Å². The van der Waals surface area contributed by atoms with E-state index in [0.29, 0.717) is 6.04 Å². The Balaban J connectivity index is 1.99.